The summed E-state index contributed by atoms with van der Waals surface area (Å²) in [4.78, 5) is 22.6. The summed E-state index contributed by atoms with van der Waals surface area (Å²) in [7, 11) is 0. The van der Waals surface area contributed by atoms with E-state index < -0.39 is 11.6 Å². The number of carbonyl (C=O) groups is 2. The second-order valence-corrected chi connectivity index (χ2v) is 4.90. The molecule has 92 valence electrons. The number of carbonyl (C=O) groups excluding carboxylic acids is 2. The third-order valence-corrected chi connectivity index (χ3v) is 2.23. The number of anilines is 1. The Morgan fingerprint density at radius 2 is 1.94 bits per heavy atom. The summed E-state index contributed by atoms with van der Waals surface area (Å²) in [5.74, 6) is -0.467. The number of nitrogen functional groups attached to an aromatic ring is 1. The summed E-state index contributed by atoms with van der Waals surface area (Å²) in [6.45, 7) is 7.08. The summed E-state index contributed by atoms with van der Waals surface area (Å²) in [6, 6.07) is 3.03. The van der Waals surface area contributed by atoms with Crippen molar-refractivity contribution in [2.24, 2.45) is 0 Å². The zero-order valence-corrected chi connectivity index (χ0v) is 10.5. The highest BCUT2D eigenvalue weighted by atomic mass is 16.6. The van der Waals surface area contributed by atoms with Gasteiger partial charge in [0, 0.05) is 11.3 Å². The molecule has 1 aromatic carbocycles. The predicted molar refractivity (Wildman–Crippen MR) is 66.1 cm³/mol. The van der Waals surface area contributed by atoms with Gasteiger partial charge in [0.25, 0.3) is 0 Å². The van der Waals surface area contributed by atoms with Gasteiger partial charge in [-0.15, -0.1) is 0 Å². The van der Waals surface area contributed by atoms with Gasteiger partial charge in [0.1, 0.15) is 11.9 Å². The van der Waals surface area contributed by atoms with E-state index in [0.29, 0.717) is 28.7 Å². The molecule has 4 nitrogen and oxygen atoms in total. The van der Waals surface area contributed by atoms with Crippen molar-refractivity contribution >= 4 is 17.9 Å². The van der Waals surface area contributed by atoms with Gasteiger partial charge in [-0.2, -0.15) is 0 Å². The van der Waals surface area contributed by atoms with Crippen LogP contribution in [0, 0.1) is 6.92 Å². The van der Waals surface area contributed by atoms with E-state index in [1.54, 1.807) is 27.7 Å². The summed E-state index contributed by atoms with van der Waals surface area (Å²) >= 11 is 0. The Kier molecular flexibility index (Phi) is 3.56. The molecule has 0 aromatic heterocycles. The first kappa shape index (κ1) is 13.2. The van der Waals surface area contributed by atoms with Crippen molar-refractivity contribution in [2.45, 2.75) is 33.3 Å². The maximum atomic E-state index is 11.9. The Morgan fingerprint density at radius 1 is 1.35 bits per heavy atom. The molecule has 4 heteroatoms. The molecule has 0 atom stereocenters. The molecule has 0 bridgehead atoms. The molecule has 0 unspecified atom stereocenters. The van der Waals surface area contributed by atoms with Crippen LogP contribution in [0.1, 0.15) is 47.1 Å². The van der Waals surface area contributed by atoms with Crippen molar-refractivity contribution in [3.8, 4) is 0 Å². The van der Waals surface area contributed by atoms with Gasteiger partial charge < -0.3 is 10.5 Å². The number of aldehydes is 1. The zero-order chi connectivity index (χ0) is 13.2. The first-order valence-corrected chi connectivity index (χ1v) is 5.33. The van der Waals surface area contributed by atoms with Gasteiger partial charge in [-0.05, 0) is 45.4 Å². The van der Waals surface area contributed by atoms with Crippen LogP contribution in [-0.2, 0) is 4.74 Å². The molecule has 0 fully saturated rings. The highest BCUT2D eigenvalue weighted by Crippen LogP contribution is 2.21. The Bertz CT molecular complexity index is 458. The molecule has 17 heavy (non-hydrogen) atoms. The van der Waals surface area contributed by atoms with Gasteiger partial charge >= 0.3 is 5.97 Å². The van der Waals surface area contributed by atoms with Crippen molar-refractivity contribution in [3.63, 3.8) is 0 Å². The summed E-state index contributed by atoms with van der Waals surface area (Å²) in [6.07, 6.45) is 0.656. The second kappa shape index (κ2) is 4.57. The fraction of sp³-hybridized carbons (Fsp3) is 0.385. The molecule has 0 aliphatic heterocycles. The first-order valence-electron chi connectivity index (χ1n) is 5.33. The maximum Gasteiger partial charge on any atom is 0.339 e. The largest absolute Gasteiger partial charge is 0.456 e. The molecule has 1 rings (SSSR count). The number of esters is 1. The summed E-state index contributed by atoms with van der Waals surface area (Å²) in [5, 5.41) is 0. The Labute approximate surface area is 101 Å². The molecule has 0 radical (unpaired) electrons. The number of hydrogen-bond donors (Lipinski definition) is 1. The lowest BCUT2D eigenvalue weighted by atomic mass is 10.0. The molecule has 0 aliphatic carbocycles. The van der Waals surface area contributed by atoms with Crippen LogP contribution in [0.2, 0.25) is 0 Å². The molecule has 1 aromatic rings. The van der Waals surface area contributed by atoms with Crippen LogP contribution < -0.4 is 5.73 Å². The molecule has 0 aliphatic rings. The van der Waals surface area contributed by atoms with Gasteiger partial charge in [-0.3, -0.25) is 4.79 Å². The SMILES string of the molecule is Cc1c(N)cc(C=O)cc1C(=O)OC(C)(C)C. The molecule has 0 saturated carbocycles. The molecule has 0 saturated heterocycles. The van der Waals surface area contributed by atoms with Gasteiger partial charge in [-0.25, -0.2) is 4.79 Å². The standard InChI is InChI=1S/C13H17NO3/c1-8-10(12(16)17-13(2,3)4)5-9(7-15)6-11(8)14/h5-7H,14H2,1-4H3. The third-order valence-electron chi connectivity index (χ3n) is 2.23. The number of nitrogens with two attached hydrogens (primary N) is 1. The first-order chi connectivity index (χ1) is 7.74. The number of benzene rings is 1. The van der Waals surface area contributed by atoms with Crippen LogP contribution in [-0.4, -0.2) is 17.9 Å². The minimum Gasteiger partial charge on any atom is -0.456 e. The maximum absolute atomic E-state index is 11.9. The minimum atomic E-state index is -0.574. The van der Waals surface area contributed by atoms with Crippen LogP contribution in [0.5, 0.6) is 0 Å². The van der Waals surface area contributed by atoms with Crippen LogP contribution in [0.15, 0.2) is 12.1 Å². The lowest BCUT2D eigenvalue weighted by molar-refractivity contribution is 0.00688. The van der Waals surface area contributed by atoms with E-state index in [1.165, 1.54) is 12.1 Å². The molecular weight excluding hydrogens is 218 g/mol. The molecule has 0 heterocycles. The number of hydrogen-bond acceptors (Lipinski definition) is 4. The molecular formula is C13H17NO3. The lowest BCUT2D eigenvalue weighted by Gasteiger charge is -2.20. The van der Waals surface area contributed by atoms with E-state index >= 15 is 0 Å². The highest BCUT2D eigenvalue weighted by molar-refractivity contribution is 5.95. The lowest BCUT2D eigenvalue weighted by Crippen LogP contribution is -2.24. The van der Waals surface area contributed by atoms with Crippen LogP contribution in [0.4, 0.5) is 5.69 Å². The van der Waals surface area contributed by atoms with E-state index in [-0.39, 0.29) is 0 Å². The quantitative estimate of drug-likeness (QED) is 0.485. The topological polar surface area (TPSA) is 69.4 Å². The molecule has 2 N–H and O–H groups in total. The molecule has 0 amide bonds. The summed E-state index contributed by atoms with van der Waals surface area (Å²) in [5.41, 5.74) is 6.90. The van der Waals surface area contributed by atoms with E-state index in [9.17, 15) is 9.59 Å². The van der Waals surface area contributed by atoms with Gasteiger partial charge in [0.2, 0.25) is 0 Å². The predicted octanol–water partition coefficient (Wildman–Crippen LogP) is 2.35. The van der Waals surface area contributed by atoms with Crippen LogP contribution >= 0.6 is 0 Å². The van der Waals surface area contributed by atoms with Crippen molar-refractivity contribution in [1.82, 2.24) is 0 Å². The average molecular weight is 235 g/mol. The fourth-order valence-electron chi connectivity index (χ4n) is 1.37. The average Bonchev–Trinajstić information content (AvgIpc) is 2.19. The Morgan fingerprint density at radius 3 is 2.41 bits per heavy atom. The van der Waals surface area contributed by atoms with Crippen LogP contribution in [0.25, 0.3) is 0 Å². The third kappa shape index (κ3) is 3.31. The van der Waals surface area contributed by atoms with Crippen molar-refractivity contribution in [1.29, 1.82) is 0 Å². The van der Waals surface area contributed by atoms with Crippen molar-refractivity contribution in [3.05, 3.63) is 28.8 Å². The Hall–Kier alpha value is -1.84. The molecule has 0 spiro atoms. The van der Waals surface area contributed by atoms with Crippen molar-refractivity contribution < 1.29 is 14.3 Å². The van der Waals surface area contributed by atoms with Gasteiger partial charge in [0.05, 0.1) is 5.56 Å². The monoisotopic (exact) mass is 235 g/mol. The number of rotatable bonds is 2. The van der Waals surface area contributed by atoms with E-state index in [4.69, 9.17) is 10.5 Å². The van der Waals surface area contributed by atoms with Gasteiger partial charge in [0.15, 0.2) is 0 Å². The van der Waals surface area contributed by atoms with E-state index in [2.05, 4.69) is 0 Å². The smallest absolute Gasteiger partial charge is 0.339 e. The fourth-order valence-corrected chi connectivity index (χ4v) is 1.37. The van der Waals surface area contributed by atoms with Crippen molar-refractivity contribution in [2.75, 3.05) is 5.73 Å². The van der Waals surface area contributed by atoms with E-state index in [1.807, 2.05) is 0 Å². The van der Waals surface area contributed by atoms with E-state index in [0.717, 1.165) is 0 Å². The highest BCUT2D eigenvalue weighted by Gasteiger charge is 2.20. The summed E-state index contributed by atoms with van der Waals surface area (Å²) < 4.78 is 5.25. The number of ether oxygens (including phenoxy) is 1. The Balaban J connectivity index is 3.17. The van der Waals surface area contributed by atoms with Gasteiger partial charge in [-0.1, -0.05) is 0 Å². The van der Waals surface area contributed by atoms with Crippen LogP contribution in [0.3, 0.4) is 0 Å². The second-order valence-electron chi connectivity index (χ2n) is 4.90. The normalized spacial score (nSPS) is 11.1. The minimum absolute atomic E-state index is 0.335. The zero-order valence-electron chi connectivity index (χ0n) is 10.5.